The number of nitrogens with zero attached hydrogens (tertiary/aromatic N) is 4. The van der Waals surface area contributed by atoms with Crippen LogP contribution in [0.4, 0.5) is 0 Å². The van der Waals surface area contributed by atoms with Crippen LogP contribution in [0.2, 0.25) is 0 Å². The average Bonchev–Trinajstić information content (AvgIpc) is 3.10. The molecule has 4 rings (SSSR count). The van der Waals surface area contributed by atoms with Crippen molar-refractivity contribution in [2.75, 3.05) is 6.26 Å². The van der Waals surface area contributed by atoms with Crippen LogP contribution in [-0.2, 0) is 23.0 Å². The first-order valence-electron chi connectivity index (χ1n) is 8.68. The van der Waals surface area contributed by atoms with E-state index in [4.69, 9.17) is 4.74 Å². The van der Waals surface area contributed by atoms with E-state index in [1.807, 2.05) is 29.5 Å². The Bertz CT molecular complexity index is 1340. The van der Waals surface area contributed by atoms with E-state index >= 15 is 0 Å². The lowest BCUT2D eigenvalue weighted by Gasteiger charge is -2.10. The zero-order valence-corrected chi connectivity index (χ0v) is 16.2. The second kappa shape index (κ2) is 6.75. The van der Waals surface area contributed by atoms with Crippen LogP contribution in [-0.4, -0.2) is 33.8 Å². The zero-order valence-electron chi connectivity index (χ0n) is 15.4. The molecule has 0 saturated heterocycles. The van der Waals surface area contributed by atoms with E-state index in [-0.39, 0.29) is 17.1 Å². The van der Waals surface area contributed by atoms with E-state index in [2.05, 4.69) is 10.2 Å². The molecular weight excluding hydrogens is 380 g/mol. The predicted octanol–water partition coefficient (Wildman–Crippen LogP) is 2.05. The number of fused-ring (bicyclic) bond motifs is 3. The molecule has 0 saturated carbocycles. The summed E-state index contributed by atoms with van der Waals surface area (Å²) in [5.74, 6) is 1.51. The molecule has 28 heavy (non-hydrogen) atoms. The Kier molecular flexibility index (Phi) is 4.38. The highest BCUT2D eigenvalue weighted by Gasteiger charge is 2.16. The van der Waals surface area contributed by atoms with Crippen molar-refractivity contribution in [2.24, 2.45) is 0 Å². The van der Waals surface area contributed by atoms with Crippen LogP contribution in [0, 0.1) is 0 Å². The van der Waals surface area contributed by atoms with Crippen molar-refractivity contribution >= 4 is 26.5 Å². The number of aryl methyl sites for hydroxylation is 1. The van der Waals surface area contributed by atoms with Crippen LogP contribution < -0.4 is 10.3 Å². The molecule has 144 valence electrons. The van der Waals surface area contributed by atoms with Crippen LogP contribution >= 0.6 is 0 Å². The summed E-state index contributed by atoms with van der Waals surface area (Å²) in [4.78, 5) is 12.9. The number of hydrogen-bond donors (Lipinski definition) is 0. The van der Waals surface area contributed by atoms with Gasteiger partial charge in [-0.2, -0.15) is 0 Å². The molecule has 8 nitrogen and oxygen atoms in total. The van der Waals surface area contributed by atoms with Crippen molar-refractivity contribution in [3.63, 3.8) is 0 Å². The highest BCUT2D eigenvalue weighted by Crippen LogP contribution is 2.19. The molecule has 0 aliphatic heterocycles. The number of aromatic nitrogens is 4. The van der Waals surface area contributed by atoms with E-state index in [0.717, 1.165) is 6.26 Å². The molecule has 0 spiro atoms. The third-order valence-corrected chi connectivity index (χ3v) is 5.64. The fourth-order valence-electron chi connectivity index (χ4n) is 3.12. The number of benzene rings is 2. The lowest BCUT2D eigenvalue weighted by Crippen LogP contribution is -2.22. The molecule has 2 heterocycles. The number of rotatable bonds is 5. The Morgan fingerprint density at radius 2 is 1.75 bits per heavy atom. The lowest BCUT2D eigenvalue weighted by molar-refractivity contribution is 0.294. The summed E-state index contributed by atoms with van der Waals surface area (Å²) < 4.78 is 32.3. The Morgan fingerprint density at radius 1 is 1.04 bits per heavy atom. The van der Waals surface area contributed by atoms with Crippen molar-refractivity contribution in [1.82, 2.24) is 19.2 Å². The summed E-state index contributed by atoms with van der Waals surface area (Å²) in [5.41, 5.74) is 0.602. The quantitative estimate of drug-likeness (QED) is 0.511. The Hall–Kier alpha value is -3.20. The highest BCUT2D eigenvalue weighted by molar-refractivity contribution is 7.90. The molecular formula is C19H18N4O4S. The predicted molar refractivity (Wildman–Crippen MR) is 104 cm³/mol. The molecule has 2 aromatic heterocycles. The van der Waals surface area contributed by atoms with Crippen LogP contribution in [0.5, 0.6) is 5.75 Å². The minimum absolute atomic E-state index is 0.109. The lowest BCUT2D eigenvalue weighted by atomic mass is 10.2. The fourth-order valence-corrected chi connectivity index (χ4v) is 3.75. The molecule has 0 bridgehead atoms. The first kappa shape index (κ1) is 18.2. The smallest absolute Gasteiger partial charge is 0.262 e. The minimum Gasteiger partial charge on any atom is -0.486 e. The fraction of sp³-hybridized carbons (Fsp3) is 0.211. The molecule has 0 aliphatic rings. The van der Waals surface area contributed by atoms with Gasteiger partial charge in [-0.25, -0.2) is 8.42 Å². The average molecular weight is 398 g/mol. The monoisotopic (exact) mass is 398 g/mol. The van der Waals surface area contributed by atoms with E-state index < -0.39 is 9.84 Å². The minimum atomic E-state index is -3.26. The van der Waals surface area contributed by atoms with Gasteiger partial charge in [-0.05, 0) is 43.3 Å². The van der Waals surface area contributed by atoms with Crippen molar-refractivity contribution < 1.29 is 13.2 Å². The Morgan fingerprint density at radius 3 is 2.43 bits per heavy atom. The normalized spacial score (nSPS) is 11.9. The third-order valence-electron chi connectivity index (χ3n) is 4.51. The SMILES string of the molecule is CCn1c(=O)c2ccccc2n2c(COc3ccc(S(C)(=O)=O)cc3)nnc12. The summed E-state index contributed by atoms with van der Waals surface area (Å²) in [6.07, 6.45) is 1.16. The second-order valence-corrected chi connectivity index (χ2v) is 8.37. The molecule has 0 aliphatic carbocycles. The molecule has 0 atom stereocenters. The summed E-state index contributed by atoms with van der Waals surface area (Å²) in [6.45, 7) is 2.47. The second-order valence-electron chi connectivity index (χ2n) is 6.35. The van der Waals surface area contributed by atoms with Gasteiger partial charge in [0, 0.05) is 12.8 Å². The third kappa shape index (κ3) is 3.03. The zero-order chi connectivity index (χ0) is 19.9. The van der Waals surface area contributed by atoms with E-state index in [1.54, 1.807) is 22.8 Å². The summed E-state index contributed by atoms with van der Waals surface area (Å²) in [7, 11) is -3.26. The van der Waals surface area contributed by atoms with Gasteiger partial charge >= 0.3 is 0 Å². The number of ether oxygens (including phenoxy) is 1. The molecule has 4 aromatic rings. The summed E-state index contributed by atoms with van der Waals surface area (Å²) in [6, 6.07) is 13.5. The molecule has 2 aromatic carbocycles. The van der Waals surface area contributed by atoms with E-state index in [0.29, 0.717) is 34.8 Å². The Labute approximate surface area is 160 Å². The standard InChI is InChI=1S/C19H18N4O4S/c1-3-22-18(24)15-6-4-5-7-16(15)23-17(20-21-19(22)23)12-27-13-8-10-14(11-9-13)28(2,25)26/h4-11H,3,12H2,1-2H3. The van der Waals surface area contributed by atoms with Crippen LogP contribution in [0.25, 0.3) is 16.7 Å². The maximum Gasteiger partial charge on any atom is 0.262 e. The molecule has 0 amide bonds. The van der Waals surface area contributed by atoms with E-state index in [1.165, 1.54) is 12.1 Å². The molecule has 0 unspecified atom stereocenters. The van der Waals surface area contributed by atoms with Crippen LogP contribution in [0.3, 0.4) is 0 Å². The Balaban J connectivity index is 1.74. The van der Waals surface area contributed by atoms with E-state index in [9.17, 15) is 13.2 Å². The van der Waals surface area contributed by atoms with Gasteiger partial charge in [0.15, 0.2) is 15.7 Å². The van der Waals surface area contributed by atoms with Gasteiger partial charge in [0.2, 0.25) is 5.78 Å². The summed E-state index contributed by atoms with van der Waals surface area (Å²) >= 11 is 0. The molecule has 9 heteroatoms. The first-order valence-corrected chi connectivity index (χ1v) is 10.6. The van der Waals surface area contributed by atoms with Crippen LogP contribution in [0.1, 0.15) is 12.7 Å². The maximum absolute atomic E-state index is 12.7. The summed E-state index contributed by atoms with van der Waals surface area (Å²) in [5, 5.41) is 8.95. The van der Waals surface area contributed by atoms with Crippen molar-refractivity contribution in [3.05, 3.63) is 64.7 Å². The topological polar surface area (TPSA) is 95.6 Å². The van der Waals surface area contributed by atoms with Gasteiger partial charge in [-0.3, -0.25) is 13.8 Å². The molecule has 0 radical (unpaired) electrons. The number of sulfone groups is 1. The van der Waals surface area contributed by atoms with Crippen molar-refractivity contribution in [3.8, 4) is 5.75 Å². The van der Waals surface area contributed by atoms with Gasteiger partial charge in [0.05, 0.1) is 15.8 Å². The molecule has 0 N–H and O–H groups in total. The van der Waals surface area contributed by atoms with Crippen molar-refractivity contribution in [2.45, 2.75) is 25.0 Å². The maximum atomic E-state index is 12.7. The van der Waals surface area contributed by atoms with Gasteiger partial charge in [-0.15, -0.1) is 10.2 Å². The van der Waals surface area contributed by atoms with Gasteiger partial charge in [-0.1, -0.05) is 12.1 Å². The largest absolute Gasteiger partial charge is 0.486 e. The number of para-hydroxylation sites is 1. The molecule has 0 fully saturated rings. The number of hydrogen-bond acceptors (Lipinski definition) is 6. The van der Waals surface area contributed by atoms with Crippen molar-refractivity contribution in [1.29, 1.82) is 0 Å². The van der Waals surface area contributed by atoms with Crippen LogP contribution in [0.15, 0.2) is 58.2 Å². The van der Waals surface area contributed by atoms with Gasteiger partial charge in [0.25, 0.3) is 5.56 Å². The highest BCUT2D eigenvalue weighted by atomic mass is 32.2. The van der Waals surface area contributed by atoms with Gasteiger partial charge in [0.1, 0.15) is 12.4 Å². The van der Waals surface area contributed by atoms with Gasteiger partial charge < -0.3 is 4.74 Å². The first-order chi connectivity index (χ1) is 13.4.